The average molecular weight is 231 g/mol. The highest BCUT2D eigenvalue weighted by molar-refractivity contribution is 7.89. The Morgan fingerprint density at radius 3 is 2.73 bits per heavy atom. The van der Waals surface area contributed by atoms with E-state index in [0.29, 0.717) is 13.0 Å². The molecule has 1 aromatic heterocycles. The molecule has 1 rings (SSSR count). The third-order valence-corrected chi connectivity index (χ3v) is 3.45. The summed E-state index contributed by atoms with van der Waals surface area (Å²) in [6.45, 7) is 2.21. The van der Waals surface area contributed by atoms with Crippen molar-refractivity contribution in [1.29, 1.82) is 0 Å². The molecule has 0 amide bonds. The number of sulfonamides is 1. The van der Waals surface area contributed by atoms with Gasteiger partial charge >= 0.3 is 0 Å². The first-order valence-corrected chi connectivity index (χ1v) is 6.27. The molecule has 0 bridgehead atoms. The lowest BCUT2D eigenvalue weighted by molar-refractivity contribution is 0.571. The number of nitrogens with zero attached hydrogens (tertiary/aromatic N) is 1. The Bertz CT molecular complexity index is 409. The molecule has 0 aromatic carbocycles. The van der Waals surface area contributed by atoms with E-state index < -0.39 is 10.0 Å². The van der Waals surface area contributed by atoms with E-state index in [1.165, 1.54) is 0 Å². The molecule has 6 heteroatoms. The highest BCUT2D eigenvalue weighted by Gasteiger charge is 2.14. The van der Waals surface area contributed by atoms with Crippen LogP contribution < -0.4 is 10.5 Å². The van der Waals surface area contributed by atoms with Crippen molar-refractivity contribution in [1.82, 2.24) is 9.29 Å². The Labute approximate surface area is 90.3 Å². The van der Waals surface area contributed by atoms with Crippen molar-refractivity contribution in [2.45, 2.75) is 24.3 Å². The summed E-state index contributed by atoms with van der Waals surface area (Å²) in [5.41, 5.74) is 5.53. The first kappa shape index (κ1) is 12.2. The lowest BCUT2D eigenvalue weighted by Crippen LogP contribution is -2.28. The molecule has 5 nitrogen and oxygen atoms in total. The van der Waals surface area contributed by atoms with E-state index >= 15 is 0 Å². The molecule has 0 aliphatic heterocycles. The smallest absolute Gasteiger partial charge is 0.242 e. The molecule has 0 fully saturated rings. The molecule has 1 aromatic rings. The number of hydrogen-bond acceptors (Lipinski definition) is 3. The van der Waals surface area contributed by atoms with Gasteiger partial charge in [-0.25, -0.2) is 13.1 Å². The van der Waals surface area contributed by atoms with Crippen LogP contribution in [0, 0.1) is 0 Å². The summed E-state index contributed by atoms with van der Waals surface area (Å²) >= 11 is 0. The van der Waals surface area contributed by atoms with E-state index in [1.807, 2.05) is 6.92 Å². The van der Waals surface area contributed by atoms with Crippen molar-refractivity contribution in [3.8, 4) is 0 Å². The van der Waals surface area contributed by atoms with Gasteiger partial charge < -0.3 is 10.3 Å². The van der Waals surface area contributed by atoms with Crippen LogP contribution in [0.1, 0.15) is 13.3 Å². The minimum Gasteiger partial charge on any atom is -0.356 e. The second-order valence-electron chi connectivity index (χ2n) is 3.68. The van der Waals surface area contributed by atoms with Crippen LogP contribution in [-0.2, 0) is 17.1 Å². The number of aryl methyl sites for hydroxylation is 1. The quantitative estimate of drug-likeness (QED) is 0.751. The van der Waals surface area contributed by atoms with Gasteiger partial charge in [-0.05, 0) is 19.4 Å². The van der Waals surface area contributed by atoms with Crippen LogP contribution in [-0.4, -0.2) is 25.6 Å². The Hall–Kier alpha value is -0.850. The molecule has 0 aliphatic carbocycles. The predicted molar refractivity (Wildman–Crippen MR) is 58.9 cm³/mol. The van der Waals surface area contributed by atoms with Gasteiger partial charge in [0.15, 0.2) is 0 Å². The second kappa shape index (κ2) is 4.78. The summed E-state index contributed by atoms with van der Waals surface area (Å²) < 4.78 is 27.5. The largest absolute Gasteiger partial charge is 0.356 e. The van der Waals surface area contributed by atoms with Crippen LogP contribution >= 0.6 is 0 Å². The van der Waals surface area contributed by atoms with Crippen molar-refractivity contribution in [3.05, 3.63) is 18.5 Å². The van der Waals surface area contributed by atoms with E-state index in [1.54, 1.807) is 30.1 Å². The Morgan fingerprint density at radius 2 is 2.27 bits per heavy atom. The summed E-state index contributed by atoms with van der Waals surface area (Å²) in [5, 5.41) is 0. The van der Waals surface area contributed by atoms with Gasteiger partial charge in [0, 0.05) is 32.0 Å². The van der Waals surface area contributed by atoms with Gasteiger partial charge in [-0.1, -0.05) is 0 Å². The summed E-state index contributed by atoms with van der Waals surface area (Å²) in [6.07, 6.45) is 3.89. The van der Waals surface area contributed by atoms with E-state index in [-0.39, 0.29) is 10.9 Å². The first-order valence-electron chi connectivity index (χ1n) is 4.79. The van der Waals surface area contributed by atoms with E-state index in [9.17, 15) is 8.42 Å². The summed E-state index contributed by atoms with van der Waals surface area (Å²) in [7, 11) is -1.58. The Kier molecular flexibility index (Phi) is 3.90. The van der Waals surface area contributed by atoms with Gasteiger partial charge in [0.25, 0.3) is 0 Å². The molecule has 0 radical (unpaired) electrons. The standard InChI is InChI=1S/C9H17N3O2S/c1-8(10)3-5-11-15(13,14)9-4-6-12(2)7-9/h4,6-8,11H,3,5,10H2,1-2H3. The van der Waals surface area contributed by atoms with Crippen molar-refractivity contribution in [2.24, 2.45) is 12.8 Å². The van der Waals surface area contributed by atoms with E-state index in [4.69, 9.17) is 5.73 Å². The predicted octanol–water partition coefficient (Wildman–Crippen LogP) is 0.0407. The minimum atomic E-state index is -3.36. The van der Waals surface area contributed by atoms with E-state index in [2.05, 4.69) is 4.72 Å². The van der Waals surface area contributed by atoms with Gasteiger partial charge in [0.05, 0.1) is 4.90 Å². The SMILES string of the molecule is CC(N)CCNS(=O)(=O)c1ccn(C)c1. The average Bonchev–Trinajstić information content (AvgIpc) is 2.51. The van der Waals surface area contributed by atoms with Crippen molar-refractivity contribution < 1.29 is 8.42 Å². The summed E-state index contributed by atoms with van der Waals surface area (Å²) in [4.78, 5) is 0.287. The van der Waals surface area contributed by atoms with Crippen LogP contribution in [0.25, 0.3) is 0 Å². The van der Waals surface area contributed by atoms with Crippen LogP contribution in [0.3, 0.4) is 0 Å². The first-order chi connectivity index (χ1) is 6.92. The lowest BCUT2D eigenvalue weighted by atomic mass is 10.3. The Balaban J connectivity index is 2.60. The molecule has 15 heavy (non-hydrogen) atoms. The topological polar surface area (TPSA) is 77.1 Å². The molecule has 1 unspecified atom stereocenters. The zero-order chi connectivity index (χ0) is 11.5. The molecule has 1 atom stereocenters. The molecular weight excluding hydrogens is 214 g/mol. The molecule has 1 heterocycles. The second-order valence-corrected chi connectivity index (χ2v) is 5.44. The van der Waals surface area contributed by atoms with Crippen LogP contribution in [0.2, 0.25) is 0 Å². The van der Waals surface area contributed by atoms with Gasteiger partial charge in [-0.2, -0.15) is 0 Å². The van der Waals surface area contributed by atoms with Gasteiger partial charge in [-0.15, -0.1) is 0 Å². The monoisotopic (exact) mass is 231 g/mol. The van der Waals surface area contributed by atoms with Gasteiger partial charge in [-0.3, -0.25) is 0 Å². The normalized spacial score (nSPS) is 14.1. The van der Waals surface area contributed by atoms with Crippen LogP contribution in [0.15, 0.2) is 23.4 Å². The van der Waals surface area contributed by atoms with Crippen molar-refractivity contribution >= 4 is 10.0 Å². The van der Waals surface area contributed by atoms with Gasteiger partial charge in [0.2, 0.25) is 10.0 Å². The Morgan fingerprint density at radius 1 is 1.60 bits per heavy atom. The number of rotatable bonds is 5. The lowest BCUT2D eigenvalue weighted by Gasteiger charge is -2.06. The molecule has 3 N–H and O–H groups in total. The molecule has 0 spiro atoms. The van der Waals surface area contributed by atoms with Crippen LogP contribution in [0.5, 0.6) is 0 Å². The third-order valence-electron chi connectivity index (χ3n) is 2.01. The maximum Gasteiger partial charge on any atom is 0.242 e. The number of hydrogen-bond donors (Lipinski definition) is 2. The summed E-state index contributed by atoms with van der Waals surface area (Å²) in [6, 6.07) is 1.57. The molecular formula is C9H17N3O2S. The van der Waals surface area contributed by atoms with E-state index in [0.717, 1.165) is 0 Å². The third kappa shape index (κ3) is 3.65. The van der Waals surface area contributed by atoms with Crippen molar-refractivity contribution in [3.63, 3.8) is 0 Å². The maximum atomic E-state index is 11.7. The molecule has 0 saturated heterocycles. The fourth-order valence-corrected chi connectivity index (χ4v) is 2.24. The molecule has 0 aliphatic rings. The highest BCUT2D eigenvalue weighted by Crippen LogP contribution is 2.07. The highest BCUT2D eigenvalue weighted by atomic mass is 32.2. The zero-order valence-corrected chi connectivity index (χ0v) is 9.79. The fraction of sp³-hybridized carbons (Fsp3) is 0.556. The number of aromatic nitrogens is 1. The zero-order valence-electron chi connectivity index (χ0n) is 8.97. The van der Waals surface area contributed by atoms with Gasteiger partial charge in [0.1, 0.15) is 0 Å². The van der Waals surface area contributed by atoms with Crippen LogP contribution in [0.4, 0.5) is 0 Å². The number of nitrogens with two attached hydrogens (primary N) is 1. The van der Waals surface area contributed by atoms with Crippen molar-refractivity contribution in [2.75, 3.05) is 6.54 Å². The molecule has 86 valence electrons. The molecule has 0 saturated carbocycles. The summed E-state index contributed by atoms with van der Waals surface area (Å²) in [5.74, 6) is 0. The maximum absolute atomic E-state index is 11.7. The minimum absolute atomic E-state index is 0.00322. The number of nitrogens with one attached hydrogen (secondary N) is 1. The fourth-order valence-electron chi connectivity index (χ4n) is 1.14.